The second-order valence-corrected chi connectivity index (χ2v) is 7.50. The molecule has 0 radical (unpaired) electrons. The molecule has 1 aromatic heterocycles. The predicted octanol–water partition coefficient (Wildman–Crippen LogP) is 4.29. The fourth-order valence-corrected chi connectivity index (χ4v) is 4.00. The summed E-state index contributed by atoms with van der Waals surface area (Å²) in [5.41, 5.74) is 4.71. The van der Waals surface area contributed by atoms with Gasteiger partial charge in [0.25, 0.3) is 0 Å². The number of fused-ring (bicyclic) bond motifs is 1. The molecule has 1 heterocycles. The highest BCUT2D eigenvalue weighted by molar-refractivity contribution is 8.01. The zero-order valence-electron chi connectivity index (χ0n) is 13.2. The molecule has 0 aliphatic rings. The molecule has 1 unspecified atom stereocenters. The Morgan fingerprint density at radius 3 is 2.79 bits per heavy atom. The van der Waals surface area contributed by atoms with Gasteiger partial charge in [0.1, 0.15) is 0 Å². The number of carbonyl (C=O) groups is 1. The van der Waals surface area contributed by atoms with Crippen LogP contribution in [0.5, 0.6) is 0 Å². The van der Waals surface area contributed by atoms with Crippen molar-refractivity contribution in [1.82, 2.24) is 10.4 Å². The lowest BCUT2D eigenvalue weighted by Gasteiger charge is -2.05. The highest BCUT2D eigenvalue weighted by Crippen LogP contribution is 2.28. The molecule has 0 aliphatic carbocycles. The number of hydrazone groups is 1. The Balaban J connectivity index is 1.48. The molecular weight excluding hydrogens is 338 g/mol. The largest absolute Gasteiger partial charge is 0.272 e. The zero-order chi connectivity index (χ0) is 16.8. The normalized spacial score (nSPS) is 12.5. The molecule has 0 saturated carbocycles. The van der Waals surface area contributed by atoms with Gasteiger partial charge in [0.2, 0.25) is 5.91 Å². The Morgan fingerprint density at radius 2 is 2.00 bits per heavy atom. The van der Waals surface area contributed by atoms with Gasteiger partial charge in [-0.25, -0.2) is 10.4 Å². The number of nitrogens with one attached hydrogen (secondary N) is 1. The van der Waals surface area contributed by atoms with Crippen molar-refractivity contribution >= 4 is 45.4 Å². The summed E-state index contributed by atoms with van der Waals surface area (Å²) in [6, 6.07) is 18.0. The summed E-state index contributed by atoms with van der Waals surface area (Å²) >= 11 is 3.03. The van der Waals surface area contributed by atoms with E-state index in [9.17, 15) is 4.79 Å². The number of amides is 1. The van der Waals surface area contributed by atoms with Crippen LogP contribution < -0.4 is 5.43 Å². The quantitative estimate of drug-likeness (QED) is 0.408. The molecule has 0 saturated heterocycles. The highest BCUT2D eigenvalue weighted by Gasteiger charge is 2.07. The van der Waals surface area contributed by atoms with E-state index in [1.165, 1.54) is 17.3 Å². The Bertz CT molecular complexity index is 813. The Kier molecular flexibility index (Phi) is 5.61. The number of para-hydroxylation sites is 1. The topological polar surface area (TPSA) is 54.4 Å². The van der Waals surface area contributed by atoms with Crippen molar-refractivity contribution < 1.29 is 4.79 Å². The van der Waals surface area contributed by atoms with Crippen molar-refractivity contribution in [2.75, 3.05) is 5.75 Å². The molecule has 122 valence electrons. The molecule has 1 amide bonds. The minimum atomic E-state index is -0.129. The summed E-state index contributed by atoms with van der Waals surface area (Å²) in [6.45, 7) is 2.04. The summed E-state index contributed by atoms with van der Waals surface area (Å²) in [4.78, 5) is 16.4. The van der Waals surface area contributed by atoms with E-state index in [-0.39, 0.29) is 11.8 Å². The van der Waals surface area contributed by atoms with Gasteiger partial charge in [0, 0.05) is 12.1 Å². The Hall–Kier alpha value is -2.18. The molecule has 4 nitrogen and oxygen atoms in total. The van der Waals surface area contributed by atoms with Crippen molar-refractivity contribution in [2.24, 2.45) is 5.10 Å². The maximum atomic E-state index is 11.9. The van der Waals surface area contributed by atoms with E-state index in [0.29, 0.717) is 5.75 Å². The van der Waals surface area contributed by atoms with Gasteiger partial charge in [-0.3, -0.25) is 4.79 Å². The second-order valence-electron chi connectivity index (χ2n) is 5.25. The number of carbonyl (C=O) groups excluding carboxylic acids is 1. The summed E-state index contributed by atoms with van der Waals surface area (Å²) in [6.07, 6.45) is 1.75. The number of thioether (sulfide) groups is 1. The van der Waals surface area contributed by atoms with Gasteiger partial charge >= 0.3 is 0 Å². The Morgan fingerprint density at radius 1 is 1.25 bits per heavy atom. The molecule has 3 aromatic rings. The van der Waals surface area contributed by atoms with E-state index < -0.39 is 0 Å². The SMILES string of the molecule is CC(/C=N/NC(=O)CSc1nc2ccccc2s1)c1ccccc1. The molecule has 24 heavy (non-hydrogen) atoms. The average molecular weight is 355 g/mol. The maximum Gasteiger partial charge on any atom is 0.250 e. The first-order valence-electron chi connectivity index (χ1n) is 7.58. The summed E-state index contributed by atoms with van der Waals surface area (Å²) in [5, 5.41) is 4.05. The average Bonchev–Trinajstić information content (AvgIpc) is 3.03. The van der Waals surface area contributed by atoms with E-state index >= 15 is 0 Å². The molecule has 0 bridgehead atoms. The standard InChI is InChI=1S/C18H17N3OS2/c1-13(14-7-3-2-4-8-14)11-19-21-17(22)12-23-18-20-15-9-5-6-10-16(15)24-18/h2-11,13H,12H2,1H3,(H,21,22)/b19-11+. The lowest BCUT2D eigenvalue weighted by Crippen LogP contribution is -2.20. The van der Waals surface area contributed by atoms with Crippen LogP contribution in [0, 0.1) is 0 Å². The van der Waals surface area contributed by atoms with Gasteiger partial charge in [0.15, 0.2) is 4.34 Å². The van der Waals surface area contributed by atoms with Crippen molar-refractivity contribution in [3.05, 3.63) is 60.2 Å². The van der Waals surface area contributed by atoms with Crippen LogP contribution in [0.15, 0.2) is 64.0 Å². The molecule has 1 N–H and O–H groups in total. The number of benzene rings is 2. The van der Waals surface area contributed by atoms with Crippen molar-refractivity contribution in [1.29, 1.82) is 0 Å². The summed E-state index contributed by atoms with van der Waals surface area (Å²) in [7, 11) is 0. The van der Waals surface area contributed by atoms with Crippen LogP contribution in [0.2, 0.25) is 0 Å². The van der Waals surface area contributed by atoms with Gasteiger partial charge in [0.05, 0.1) is 16.0 Å². The van der Waals surface area contributed by atoms with E-state index in [1.54, 1.807) is 17.6 Å². The summed E-state index contributed by atoms with van der Waals surface area (Å²) < 4.78 is 2.03. The number of rotatable bonds is 6. The van der Waals surface area contributed by atoms with Gasteiger partial charge in [-0.05, 0) is 17.7 Å². The van der Waals surface area contributed by atoms with Crippen LogP contribution in [0.25, 0.3) is 10.2 Å². The van der Waals surface area contributed by atoms with Crippen LogP contribution >= 0.6 is 23.1 Å². The van der Waals surface area contributed by atoms with Gasteiger partial charge in [-0.2, -0.15) is 5.10 Å². The van der Waals surface area contributed by atoms with Crippen LogP contribution in [0.3, 0.4) is 0 Å². The van der Waals surface area contributed by atoms with Crippen LogP contribution in [-0.2, 0) is 4.79 Å². The van der Waals surface area contributed by atoms with Gasteiger partial charge in [-0.15, -0.1) is 11.3 Å². The monoisotopic (exact) mass is 355 g/mol. The molecule has 6 heteroatoms. The summed E-state index contributed by atoms with van der Waals surface area (Å²) in [5.74, 6) is 0.329. The number of hydrogen-bond acceptors (Lipinski definition) is 5. The van der Waals surface area contributed by atoms with E-state index in [4.69, 9.17) is 0 Å². The van der Waals surface area contributed by atoms with E-state index in [0.717, 1.165) is 14.6 Å². The van der Waals surface area contributed by atoms with Crippen molar-refractivity contribution in [3.8, 4) is 0 Å². The lowest BCUT2D eigenvalue weighted by atomic mass is 10.0. The highest BCUT2D eigenvalue weighted by atomic mass is 32.2. The predicted molar refractivity (Wildman–Crippen MR) is 102 cm³/mol. The molecule has 0 spiro atoms. The van der Waals surface area contributed by atoms with Crippen LogP contribution in [-0.4, -0.2) is 22.9 Å². The molecule has 1 atom stereocenters. The first-order valence-corrected chi connectivity index (χ1v) is 9.38. The van der Waals surface area contributed by atoms with Crippen LogP contribution in [0.4, 0.5) is 0 Å². The molecule has 2 aromatic carbocycles. The molecule has 3 rings (SSSR count). The molecule has 0 aliphatic heterocycles. The zero-order valence-corrected chi connectivity index (χ0v) is 14.8. The number of thiazole rings is 1. The minimum absolute atomic E-state index is 0.129. The fourth-order valence-electron chi connectivity index (χ4n) is 2.14. The first kappa shape index (κ1) is 16.7. The first-order chi connectivity index (χ1) is 11.7. The van der Waals surface area contributed by atoms with Gasteiger partial charge < -0.3 is 0 Å². The third kappa shape index (κ3) is 4.43. The molecule has 0 fully saturated rings. The van der Waals surface area contributed by atoms with E-state index in [1.807, 2.05) is 61.5 Å². The van der Waals surface area contributed by atoms with Crippen molar-refractivity contribution in [2.45, 2.75) is 17.2 Å². The van der Waals surface area contributed by atoms with Crippen LogP contribution in [0.1, 0.15) is 18.4 Å². The van der Waals surface area contributed by atoms with E-state index in [2.05, 4.69) is 15.5 Å². The second kappa shape index (κ2) is 8.08. The lowest BCUT2D eigenvalue weighted by molar-refractivity contribution is -0.118. The van der Waals surface area contributed by atoms with Gasteiger partial charge in [-0.1, -0.05) is 61.2 Å². The number of hydrogen-bond donors (Lipinski definition) is 1. The Labute approximate surface area is 149 Å². The minimum Gasteiger partial charge on any atom is -0.272 e. The van der Waals surface area contributed by atoms with Crippen molar-refractivity contribution in [3.63, 3.8) is 0 Å². The fraction of sp³-hybridized carbons (Fsp3) is 0.167. The number of aromatic nitrogens is 1. The smallest absolute Gasteiger partial charge is 0.250 e. The molecular formula is C18H17N3OS2. The third-order valence-electron chi connectivity index (χ3n) is 3.41. The maximum absolute atomic E-state index is 11.9. The number of nitrogens with zero attached hydrogens (tertiary/aromatic N) is 2. The third-order valence-corrected chi connectivity index (χ3v) is 5.59.